The zero-order chi connectivity index (χ0) is 16.7. The zero-order valence-corrected chi connectivity index (χ0v) is 13.9. The molecule has 0 radical (unpaired) electrons. The maximum absolute atomic E-state index is 14.7. The van der Waals surface area contributed by atoms with Crippen molar-refractivity contribution in [3.05, 3.63) is 64.2 Å². The van der Waals surface area contributed by atoms with Crippen molar-refractivity contribution in [2.24, 2.45) is 0 Å². The SMILES string of the molecule is Fc1ccc(F)c2c1OC[C@@H]1NCCC[C@]21Cc1ccc(Cl)cc1. The van der Waals surface area contributed by atoms with Crippen LogP contribution in [0.3, 0.4) is 0 Å². The predicted molar refractivity (Wildman–Crippen MR) is 89.7 cm³/mol. The molecule has 0 saturated carbocycles. The first-order chi connectivity index (χ1) is 11.6. The summed E-state index contributed by atoms with van der Waals surface area (Å²) in [4.78, 5) is 0. The van der Waals surface area contributed by atoms with E-state index < -0.39 is 17.0 Å². The maximum Gasteiger partial charge on any atom is 0.165 e. The average Bonchev–Trinajstić information content (AvgIpc) is 2.59. The molecule has 2 aliphatic heterocycles. The van der Waals surface area contributed by atoms with Gasteiger partial charge >= 0.3 is 0 Å². The van der Waals surface area contributed by atoms with Crippen LogP contribution in [0.25, 0.3) is 0 Å². The molecule has 0 spiro atoms. The van der Waals surface area contributed by atoms with Gasteiger partial charge in [0.25, 0.3) is 0 Å². The molecule has 2 heterocycles. The molecular formula is C19H18ClF2NO. The van der Waals surface area contributed by atoms with Crippen LogP contribution >= 0.6 is 11.6 Å². The fraction of sp³-hybridized carbons (Fsp3) is 0.368. The summed E-state index contributed by atoms with van der Waals surface area (Å²) < 4.78 is 34.6. The van der Waals surface area contributed by atoms with Crippen LogP contribution in [0.2, 0.25) is 5.02 Å². The van der Waals surface area contributed by atoms with Crippen molar-refractivity contribution in [3.8, 4) is 5.75 Å². The van der Waals surface area contributed by atoms with Gasteiger partial charge in [-0.1, -0.05) is 23.7 Å². The van der Waals surface area contributed by atoms with Crippen molar-refractivity contribution in [3.63, 3.8) is 0 Å². The van der Waals surface area contributed by atoms with E-state index >= 15 is 0 Å². The van der Waals surface area contributed by atoms with Gasteiger partial charge in [0.1, 0.15) is 12.4 Å². The van der Waals surface area contributed by atoms with Gasteiger partial charge in [-0.25, -0.2) is 8.78 Å². The number of fused-ring (bicyclic) bond motifs is 3. The van der Waals surface area contributed by atoms with Crippen molar-refractivity contribution in [1.82, 2.24) is 5.32 Å². The van der Waals surface area contributed by atoms with E-state index in [9.17, 15) is 8.78 Å². The highest BCUT2D eigenvalue weighted by Gasteiger charge is 2.49. The van der Waals surface area contributed by atoms with E-state index in [0.29, 0.717) is 23.6 Å². The Kier molecular flexibility index (Phi) is 3.97. The summed E-state index contributed by atoms with van der Waals surface area (Å²) in [6.07, 6.45) is 2.34. The molecule has 0 amide bonds. The van der Waals surface area contributed by atoms with Crippen LogP contribution in [0.4, 0.5) is 8.78 Å². The second kappa shape index (κ2) is 6.01. The van der Waals surface area contributed by atoms with Gasteiger partial charge in [-0.05, 0) is 55.6 Å². The molecule has 1 N–H and O–H groups in total. The summed E-state index contributed by atoms with van der Waals surface area (Å²) in [7, 11) is 0. The largest absolute Gasteiger partial charge is 0.488 e. The molecule has 0 aromatic heterocycles. The Hall–Kier alpha value is -1.65. The summed E-state index contributed by atoms with van der Waals surface area (Å²) >= 11 is 5.98. The van der Waals surface area contributed by atoms with E-state index in [-0.39, 0.29) is 11.8 Å². The number of piperidine rings is 1. The van der Waals surface area contributed by atoms with Crippen LogP contribution in [0.5, 0.6) is 5.75 Å². The number of ether oxygens (including phenoxy) is 1. The second-order valence-corrected chi connectivity index (χ2v) is 7.05. The smallest absolute Gasteiger partial charge is 0.165 e. The second-order valence-electron chi connectivity index (χ2n) is 6.61. The van der Waals surface area contributed by atoms with E-state index in [2.05, 4.69) is 5.32 Å². The molecule has 0 aliphatic carbocycles. The molecular weight excluding hydrogens is 332 g/mol. The van der Waals surface area contributed by atoms with E-state index in [4.69, 9.17) is 16.3 Å². The number of hydrogen-bond acceptors (Lipinski definition) is 2. The van der Waals surface area contributed by atoms with Crippen molar-refractivity contribution >= 4 is 11.6 Å². The van der Waals surface area contributed by atoms with E-state index in [1.54, 1.807) is 0 Å². The molecule has 2 aromatic rings. The zero-order valence-electron chi connectivity index (χ0n) is 13.1. The summed E-state index contributed by atoms with van der Waals surface area (Å²) in [5.41, 5.74) is 0.928. The molecule has 126 valence electrons. The van der Waals surface area contributed by atoms with E-state index in [1.807, 2.05) is 24.3 Å². The molecule has 1 saturated heterocycles. The fourth-order valence-electron chi connectivity index (χ4n) is 4.14. The van der Waals surface area contributed by atoms with Crippen LogP contribution in [-0.2, 0) is 11.8 Å². The van der Waals surface area contributed by atoms with Gasteiger partial charge in [0.15, 0.2) is 11.6 Å². The van der Waals surface area contributed by atoms with Gasteiger partial charge in [-0.3, -0.25) is 0 Å². The molecule has 0 bridgehead atoms. The fourth-order valence-corrected chi connectivity index (χ4v) is 4.26. The van der Waals surface area contributed by atoms with E-state index in [0.717, 1.165) is 31.0 Å². The third kappa shape index (κ3) is 2.49. The molecule has 4 rings (SSSR count). The summed E-state index contributed by atoms with van der Waals surface area (Å²) in [5.74, 6) is -0.816. The number of nitrogens with one attached hydrogen (secondary N) is 1. The molecule has 1 fully saturated rings. The Morgan fingerprint density at radius 2 is 1.88 bits per heavy atom. The summed E-state index contributed by atoms with van der Waals surface area (Å²) in [6.45, 7) is 1.21. The first-order valence-electron chi connectivity index (χ1n) is 8.19. The lowest BCUT2D eigenvalue weighted by atomic mass is 9.64. The van der Waals surface area contributed by atoms with Gasteiger partial charge < -0.3 is 10.1 Å². The Labute approximate surface area is 144 Å². The quantitative estimate of drug-likeness (QED) is 0.875. The van der Waals surface area contributed by atoms with Crippen LogP contribution in [0.1, 0.15) is 24.0 Å². The van der Waals surface area contributed by atoms with E-state index in [1.165, 1.54) is 6.07 Å². The molecule has 2 atom stereocenters. The molecule has 24 heavy (non-hydrogen) atoms. The standard InChI is InChI=1S/C19H18ClF2NO/c20-13-4-2-12(3-5-13)10-19-8-1-9-23-16(19)11-24-18-15(22)7-6-14(21)17(18)19/h2-7,16,23H,1,8-11H2/t16-,19+/m0/s1. The molecule has 0 unspecified atom stereocenters. The minimum absolute atomic E-state index is 0.0364. The number of hydrogen-bond donors (Lipinski definition) is 1. The summed E-state index contributed by atoms with van der Waals surface area (Å²) in [5, 5.41) is 4.11. The molecule has 2 nitrogen and oxygen atoms in total. The molecule has 2 aromatic carbocycles. The molecule has 5 heteroatoms. The highest BCUT2D eigenvalue weighted by Crippen LogP contribution is 2.48. The third-order valence-corrected chi connectivity index (χ3v) is 5.49. The highest BCUT2D eigenvalue weighted by atomic mass is 35.5. The Balaban J connectivity index is 1.85. The lowest BCUT2D eigenvalue weighted by molar-refractivity contribution is 0.113. The lowest BCUT2D eigenvalue weighted by Crippen LogP contribution is -2.59. The van der Waals surface area contributed by atoms with Gasteiger partial charge in [0.05, 0.1) is 6.04 Å². The Bertz CT molecular complexity index is 765. The van der Waals surface area contributed by atoms with Crippen molar-refractivity contribution in [2.45, 2.75) is 30.7 Å². The first-order valence-corrected chi connectivity index (χ1v) is 8.57. The van der Waals surface area contributed by atoms with Crippen molar-refractivity contribution in [1.29, 1.82) is 0 Å². The maximum atomic E-state index is 14.7. The lowest BCUT2D eigenvalue weighted by Gasteiger charge is -2.48. The Morgan fingerprint density at radius 3 is 2.67 bits per heavy atom. The topological polar surface area (TPSA) is 21.3 Å². The van der Waals surface area contributed by atoms with Gasteiger partial charge in [0.2, 0.25) is 0 Å². The van der Waals surface area contributed by atoms with Crippen LogP contribution in [0, 0.1) is 11.6 Å². The monoisotopic (exact) mass is 349 g/mol. The summed E-state index contributed by atoms with van der Waals surface area (Å²) in [6, 6.07) is 9.89. The van der Waals surface area contributed by atoms with Gasteiger partial charge in [-0.2, -0.15) is 0 Å². The highest BCUT2D eigenvalue weighted by molar-refractivity contribution is 6.30. The third-order valence-electron chi connectivity index (χ3n) is 5.24. The van der Waals surface area contributed by atoms with Crippen LogP contribution in [0.15, 0.2) is 36.4 Å². The minimum Gasteiger partial charge on any atom is -0.488 e. The van der Waals surface area contributed by atoms with Gasteiger partial charge in [0, 0.05) is 16.0 Å². The average molecular weight is 350 g/mol. The first kappa shape index (κ1) is 15.9. The normalized spacial score (nSPS) is 25.5. The van der Waals surface area contributed by atoms with Crippen molar-refractivity contribution < 1.29 is 13.5 Å². The van der Waals surface area contributed by atoms with Crippen LogP contribution < -0.4 is 10.1 Å². The minimum atomic E-state index is -0.508. The molecule has 2 aliphatic rings. The van der Waals surface area contributed by atoms with Crippen molar-refractivity contribution in [2.75, 3.05) is 13.2 Å². The Morgan fingerprint density at radius 1 is 1.12 bits per heavy atom. The van der Waals surface area contributed by atoms with Crippen LogP contribution in [-0.4, -0.2) is 19.2 Å². The van der Waals surface area contributed by atoms with Gasteiger partial charge in [-0.15, -0.1) is 0 Å². The number of rotatable bonds is 2. The number of halogens is 3. The predicted octanol–water partition coefficient (Wildman–Crippen LogP) is 4.24. The number of benzene rings is 2.